The molecule has 1 heterocycles. The molecule has 0 saturated heterocycles. The molecule has 3 aromatic rings. The van der Waals surface area contributed by atoms with Gasteiger partial charge < -0.3 is 11.1 Å². The molecule has 0 radical (unpaired) electrons. The summed E-state index contributed by atoms with van der Waals surface area (Å²) in [5.74, 6) is 0. The minimum atomic E-state index is 0.617. The van der Waals surface area contributed by atoms with Gasteiger partial charge in [-0.3, -0.25) is 0 Å². The number of nitrogen functional groups attached to an aromatic ring is 1. The standard InChI is InChI=1S/C15H15N3S/c1-10-3-2-4-11(7-10)9-17-12-5-6-13-14(8-12)19-15(16)18-13/h2-8,17H,9H2,1H3,(H2,16,18). The zero-order valence-corrected chi connectivity index (χ0v) is 11.5. The lowest BCUT2D eigenvalue weighted by Gasteiger charge is -2.07. The van der Waals surface area contributed by atoms with Gasteiger partial charge in [0.05, 0.1) is 10.2 Å². The first-order chi connectivity index (χ1) is 9.20. The highest BCUT2D eigenvalue weighted by Crippen LogP contribution is 2.26. The molecule has 0 aliphatic heterocycles. The minimum Gasteiger partial charge on any atom is -0.381 e. The highest BCUT2D eigenvalue weighted by atomic mass is 32.1. The predicted octanol–water partition coefficient (Wildman–Crippen LogP) is 3.80. The Balaban J connectivity index is 1.78. The number of anilines is 2. The summed E-state index contributed by atoms with van der Waals surface area (Å²) >= 11 is 1.52. The van der Waals surface area contributed by atoms with E-state index in [1.165, 1.54) is 22.5 Å². The van der Waals surface area contributed by atoms with Crippen LogP contribution in [0.5, 0.6) is 0 Å². The quantitative estimate of drug-likeness (QED) is 0.760. The molecule has 0 spiro atoms. The first kappa shape index (κ1) is 12.0. The van der Waals surface area contributed by atoms with E-state index in [-0.39, 0.29) is 0 Å². The molecule has 0 amide bonds. The molecule has 2 aromatic carbocycles. The minimum absolute atomic E-state index is 0.617. The highest BCUT2D eigenvalue weighted by molar-refractivity contribution is 7.22. The van der Waals surface area contributed by atoms with Crippen molar-refractivity contribution in [1.82, 2.24) is 4.98 Å². The van der Waals surface area contributed by atoms with Crippen LogP contribution in [0, 0.1) is 6.92 Å². The third kappa shape index (κ3) is 2.69. The monoisotopic (exact) mass is 269 g/mol. The van der Waals surface area contributed by atoms with Crippen molar-refractivity contribution in [2.24, 2.45) is 0 Å². The van der Waals surface area contributed by atoms with E-state index >= 15 is 0 Å². The molecular formula is C15H15N3S. The van der Waals surface area contributed by atoms with Crippen LogP contribution in [0.15, 0.2) is 42.5 Å². The van der Waals surface area contributed by atoms with E-state index in [2.05, 4.69) is 47.6 Å². The van der Waals surface area contributed by atoms with Crippen LogP contribution in [-0.4, -0.2) is 4.98 Å². The molecule has 96 valence electrons. The zero-order chi connectivity index (χ0) is 13.2. The number of nitrogens with two attached hydrogens (primary N) is 1. The van der Waals surface area contributed by atoms with Crippen LogP contribution >= 0.6 is 11.3 Å². The maximum absolute atomic E-state index is 5.71. The van der Waals surface area contributed by atoms with Crippen molar-refractivity contribution in [3.8, 4) is 0 Å². The zero-order valence-electron chi connectivity index (χ0n) is 10.7. The van der Waals surface area contributed by atoms with Crippen molar-refractivity contribution in [2.45, 2.75) is 13.5 Å². The van der Waals surface area contributed by atoms with E-state index in [4.69, 9.17) is 5.73 Å². The van der Waals surface area contributed by atoms with Gasteiger partial charge in [0.25, 0.3) is 0 Å². The maximum atomic E-state index is 5.71. The van der Waals surface area contributed by atoms with E-state index in [1.54, 1.807) is 0 Å². The number of hydrogen-bond acceptors (Lipinski definition) is 4. The molecule has 1 aromatic heterocycles. The van der Waals surface area contributed by atoms with E-state index in [0.29, 0.717) is 5.13 Å². The summed E-state index contributed by atoms with van der Waals surface area (Å²) in [7, 11) is 0. The smallest absolute Gasteiger partial charge is 0.181 e. The number of benzene rings is 2. The second kappa shape index (κ2) is 4.90. The van der Waals surface area contributed by atoms with Crippen LogP contribution in [0.2, 0.25) is 0 Å². The van der Waals surface area contributed by atoms with Gasteiger partial charge in [-0.05, 0) is 30.7 Å². The van der Waals surface area contributed by atoms with Crippen LogP contribution in [0.3, 0.4) is 0 Å². The molecule has 0 aliphatic carbocycles. The molecule has 3 N–H and O–H groups in total. The molecule has 3 nitrogen and oxygen atoms in total. The maximum Gasteiger partial charge on any atom is 0.181 e. The van der Waals surface area contributed by atoms with Crippen molar-refractivity contribution in [3.63, 3.8) is 0 Å². The topological polar surface area (TPSA) is 50.9 Å². The third-order valence-corrected chi connectivity index (χ3v) is 3.83. The summed E-state index contributed by atoms with van der Waals surface area (Å²) in [6, 6.07) is 14.6. The number of thiazole rings is 1. The normalized spacial score (nSPS) is 10.8. The summed E-state index contributed by atoms with van der Waals surface area (Å²) in [6.45, 7) is 2.93. The lowest BCUT2D eigenvalue weighted by atomic mass is 10.1. The fourth-order valence-electron chi connectivity index (χ4n) is 2.08. The Morgan fingerprint density at radius 1 is 1.21 bits per heavy atom. The Morgan fingerprint density at radius 3 is 2.95 bits per heavy atom. The average Bonchev–Trinajstić information content (AvgIpc) is 2.75. The first-order valence-electron chi connectivity index (χ1n) is 6.16. The van der Waals surface area contributed by atoms with Crippen LogP contribution in [-0.2, 0) is 6.54 Å². The Morgan fingerprint density at radius 2 is 2.11 bits per heavy atom. The van der Waals surface area contributed by atoms with Gasteiger partial charge in [0, 0.05) is 12.2 Å². The first-order valence-corrected chi connectivity index (χ1v) is 6.98. The third-order valence-electron chi connectivity index (χ3n) is 2.98. The Bertz CT molecular complexity index is 718. The van der Waals surface area contributed by atoms with E-state index in [9.17, 15) is 0 Å². The van der Waals surface area contributed by atoms with Gasteiger partial charge in [-0.2, -0.15) is 0 Å². The molecule has 0 atom stereocenters. The van der Waals surface area contributed by atoms with Gasteiger partial charge in [0.2, 0.25) is 0 Å². The lowest BCUT2D eigenvalue weighted by Crippen LogP contribution is -1.99. The van der Waals surface area contributed by atoms with Crippen molar-refractivity contribution < 1.29 is 0 Å². The fraction of sp³-hybridized carbons (Fsp3) is 0.133. The molecule has 3 rings (SSSR count). The summed E-state index contributed by atoms with van der Waals surface area (Å²) < 4.78 is 1.12. The lowest BCUT2D eigenvalue weighted by molar-refractivity contribution is 1.14. The van der Waals surface area contributed by atoms with Crippen LogP contribution in [0.4, 0.5) is 10.8 Å². The summed E-state index contributed by atoms with van der Waals surface area (Å²) in [4.78, 5) is 4.25. The van der Waals surface area contributed by atoms with Gasteiger partial charge in [-0.15, -0.1) is 0 Å². The van der Waals surface area contributed by atoms with Gasteiger partial charge in [-0.1, -0.05) is 41.2 Å². The Kier molecular flexibility index (Phi) is 3.09. The van der Waals surface area contributed by atoms with E-state index < -0.39 is 0 Å². The van der Waals surface area contributed by atoms with Crippen LogP contribution in [0.1, 0.15) is 11.1 Å². The molecule has 0 saturated carbocycles. The van der Waals surface area contributed by atoms with E-state index in [1.807, 2.05) is 12.1 Å². The van der Waals surface area contributed by atoms with Crippen LogP contribution in [0.25, 0.3) is 10.2 Å². The molecule has 4 heteroatoms. The van der Waals surface area contributed by atoms with Crippen molar-refractivity contribution >= 4 is 32.4 Å². The van der Waals surface area contributed by atoms with Crippen LogP contribution < -0.4 is 11.1 Å². The number of fused-ring (bicyclic) bond motifs is 1. The van der Waals surface area contributed by atoms with Crippen molar-refractivity contribution in [2.75, 3.05) is 11.1 Å². The average molecular weight is 269 g/mol. The molecule has 0 fully saturated rings. The molecule has 0 aliphatic rings. The second-order valence-electron chi connectivity index (χ2n) is 4.58. The SMILES string of the molecule is Cc1cccc(CNc2ccc3nc(N)sc3c2)c1. The second-order valence-corrected chi connectivity index (χ2v) is 5.64. The van der Waals surface area contributed by atoms with Gasteiger partial charge >= 0.3 is 0 Å². The van der Waals surface area contributed by atoms with E-state index in [0.717, 1.165) is 22.4 Å². The number of aromatic nitrogens is 1. The molecule has 0 unspecified atom stereocenters. The largest absolute Gasteiger partial charge is 0.381 e. The predicted molar refractivity (Wildman–Crippen MR) is 82.5 cm³/mol. The fourth-order valence-corrected chi connectivity index (χ4v) is 2.85. The molecule has 19 heavy (non-hydrogen) atoms. The number of nitrogens with one attached hydrogen (secondary N) is 1. The number of rotatable bonds is 3. The Labute approximate surface area is 116 Å². The molecular weight excluding hydrogens is 254 g/mol. The van der Waals surface area contributed by atoms with Crippen molar-refractivity contribution in [1.29, 1.82) is 0 Å². The summed E-state index contributed by atoms with van der Waals surface area (Å²) in [6.07, 6.45) is 0. The summed E-state index contributed by atoms with van der Waals surface area (Å²) in [5, 5.41) is 4.04. The number of nitrogens with zero attached hydrogens (tertiary/aromatic N) is 1. The van der Waals surface area contributed by atoms with Gasteiger partial charge in [-0.25, -0.2) is 4.98 Å². The van der Waals surface area contributed by atoms with Crippen molar-refractivity contribution in [3.05, 3.63) is 53.6 Å². The number of hydrogen-bond donors (Lipinski definition) is 2. The van der Waals surface area contributed by atoms with Gasteiger partial charge in [0.15, 0.2) is 5.13 Å². The van der Waals surface area contributed by atoms with Gasteiger partial charge in [0.1, 0.15) is 0 Å². The Hall–Kier alpha value is -2.07. The number of aryl methyl sites for hydroxylation is 1. The summed E-state index contributed by atoms with van der Waals surface area (Å²) in [5.41, 5.74) is 10.3. The highest BCUT2D eigenvalue weighted by Gasteiger charge is 2.02. The molecule has 0 bridgehead atoms.